The molecule has 1 aliphatic carbocycles. The number of nitrogens with two attached hydrogens (primary N) is 1. The quantitative estimate of drug-likeness (QED) is 0.876. The van der Waals surface area contributed by atoms with Crippen LogP contribution in [-0.2, 0) is 11.3 Å². The fourth-order valence-corrected chi connectivity index (χ4v) is 4.29. The molecule has 0 radical (unpaired) electrons. The minimum absolute atomic E-state index is 0.0391. The van der Waals surface area contributed by atoms with Gasteiger partial charge in [-0.25, -0.2) is 4.39 Å². The van der Waals surface area contributed by atoms with E-state index in [0.29, 0.717) is 12.2 Å². The van der Waals surface area contributed by atoms with Gasteiger partial charge in [-0.05, 0) is 48.2 Å². The number of nitrogens with zero attached hydrogens (tertiary/aromatic N) is 1. The Kier molecular flexibility index (Phi) is 3.85. The molecule has 24 heavy (non-hydrogen) atoms. The van der Waals surface area contributed by atoms with E-state index < -0.39 is 0 Å². The Labute approximate surface area is 141 Å². The van der Waals surface area contributed by atoms with Crippen LogP contribution in [-0.4, -0.2) is 16.7 Å². The second-order valence-electron chi connectivity index (χ2n) is 6.92. The smallest absolute Gasteiger partial charge is 0.139 e. The Morgan fingerprint density at radius 3 is 2.62 bits per heavy atom. The van der Waals surface area contributed by atoms with Gasteiger partial charge in [0.2, 0.25) is 0 Å². The molecular formula is C20H21FN2O. The van der Waals surface area contributed by atoms with Gasteiger partial charge in [0.25, 0.3) is 0 Å². The van der Waals surface area contributed by atoms with Crippen LogP contribution in [0.4, 0.5) is 10.1 Å². The molecule has 2 aromatic rings. The number of hydrogen-bond acceptors (Lipinski definition) is 3. The van der Waals surface area contributed by atoms with Gasteiger partial charge in [-0.2, -0.15) is 0 Å². The van der Waals surface area contributed by atoms with Gasteiger partial charge in [0, 0.05) is 36.7 Å². The maximum atomic E-state index is 13.2. The van der Waals surface area contributed by atoms with Crippen molar-refractivity contribution < 1.29 is 9.18 Å². The van der Waals surface area contributed by atoms with E-state index in [-0.39, 0.29) is 23.8 Å². The van der Waals surface area contributed by atoms with Crippen LogP contribution >= 0.6 is 0 Å². The minimum Gasteiger partial charge on any atom is -0.399 e. The molecule has 2 heterocycles. The van der Waals surface area contributed by atoms with Gasteiger partial charge in [-0.3, -0.25) is 9.69 Å². The van der Waals surface area contributed by atoms with E-state index in [0.717, 1.165) is 36.2 Å². The SMILES string of the molecule is Nc1cccc(C2C3CCC(CC3=O)N2Cc2ccc(F)cc2)c1. The molecule has 2 bridgehead atoms. The van der Waals surface area contributed by atoms with Crippen LogP contribution in [0.1, 0.15) is 36.4 Å². The van der Waals surface area contributed by atoms with Gasteiger partial charge in [0.1, 0.15) is 11.6 Å². The number of carbonyl (C=O) groups excluding carboxylic acids is 1. The van der Waals surface area contributed by atoms with Gasteiger partial charge in [0.15, 0.2) is 0 Å². The highest BCUT2D eigenvalue weighted by molar-refractivity contribution is 5.84. The second kappa shape index (κ2) is 6.02. The number of rotatable bonds is 3. The largest absolute Gasteiger partial charge is 0.399 e. The van der Waals surface area contributed by atoms with E-state index in [1.54, 1.807) is 0 Å². The standard InChI is InChI=1S/C20H21FN2O/c21-15-6-4-13(5-7-15)12-23-17-8-9-18(19(24)11-17)20(23)14-2-1-3-16(22)10-14/h1-7,10,17-18,20H,8-9,11-12,22H2. The highest BCUT2D eigenvalue weighted by atomic mass is 19.1. The normalized spacial score (nSPS) is 26.7. The third-order valence-corrected chi connectivity index (χ3v) is 5.40. The summed E-state index contributed by atoms with van der Waals surface area (Å²) in [5, 5.41) is 0. The number of Topliss-reactive ketones (excluding diaryl/α,β-unsaturated/α-hetero) is 1. The summed E-state index contributed by atoms with van der Waals surface area (Å²) >= 11 is 0. The Bertz CT molecular complexity index is 758. The fraction of sp³-hybridized carbons (Fsp3) is 0.350. The van der Waals surface area contributed by atoms with E-state index >= 15 is 0 Å². The zero-order valence-corrected chi connectivity index (χ0v) is 13.5. The molecule has 124 valence electrons. The average molecular weight is 324 g/mol. The van der Waals surface area contributed by atoms with E-state index in [4.69, 9.17) is 5.73 Å². The third kappa shape index (κ3) is 2.71. The molecule has 0 aromatic heterocycles. The molecule has 3 unspecified atom stereocenters. The molecule has 3 fully saturated rings. The highest BCUT2D eigenvalue weighted by Gasteiger charge is 2.46. The summed E-state index contributed by atoms with van der Waals surface area (Å²) in [7, 11) is 0. The number of halogens is 1. The van der Waals surface area contributed by atoms with E-state index in [9.17, 15) is 9.18 Å². The Hall–Kier alpha value is -2.20. The number of nitrogen functional groups attached to an aromatic ring is 1. The van der Waals surface area contributed by atoms with Crippen LogP contribution in [0.25, 0.3) is 0 Å². The van der Waals surface area contributed by atoms with Crippen LogP contribution in [0, 0.1) is 11.7 Å². The van der Waals surface area contributed by atoms with Crippen LogP contribution in [0.5, 0.6) is 0 Å². The van der Waals surface area contributed by atoms with E-state index in [1.165, 1.54) is 12.1 Å². The predicted octanol–water partition coefficient (Wildman–Crippen LogP) is 3.70. The topological polar surface area (TPSA) is 46.3 Å². The minimum atomic E-state index is -0.221. The molecule has 2 aliphatic heterocycles. The number of ketones is 1. The summed E-state index contributed by atoms with van der Waals surface area (Å²) in [4.78, 5) is 14.9. The maximum absolute atomic E-state index is 13.2. The second-order valence-corrected chi connectivity index (χ2v) is 6.92. The molecule has 3 aliphatic rings. The third-order valence-electron chi connectivity index (χ3n) is 5.40. The first-order valence-electron chi connectivity index (χ1n) is 8.50. The average Bonchev–Trinajstić information content (AvgIpc) is 2.58. The molecule has 2 saturated heterocycles. The van der Waals surface area contributed by atoms with Gasteiger partial charge in [-0.1, -0.05) is 24.3 Å². The summed E-state index contributed by atoms with van der Waals surface area (Å²) in [6.45, 7) is 0.730. The summed E-state index contributed by atoms with van der Waals surface area (Å²) in [6, 6.07) is 14.9. The van der Waals surface area contributed by atoms with Gasteiger partial charge in [-0.15, -0.1) is 0 Å². The van der Waals surface area contributed by atoms with Crippen molar-refractivity contribution in [3.8, 4) is 0 Å². The van der Waals surface area contributed by atoms with Crippen molar-refractivity contribution in [1.82, 2.24) is 4.90 Å². The number of carbonyl (C=O) groups is 1. The predicted molar refractivity (Wildman–Crippen MR) is 91.7 cm³/mol. The van der Waals surface area contributed by atoms with Crippen molar-refractivity contribution >= 4 is 11.5 Å². The van der Waals surface area contributed by atoms with Crippen molar-refractivity contribution in [2.24, 2.45) is 5.92 Å². The lowest BCUT2D eigenvalue weighted by molar-refractivity contribution is -0.138. The summed E-state index contributed by atoms with van der Waals surface area (Å²) in [6.07, 6.45) is 2.63. The maximum Gasteiger partial charge on any atom is 0.139 e. The van der Waals surface area contributed by atoms with Crippen molar-refractivity contribution in [3.05, 3.63) is 65.5 Å². The van der Waals surface area contributed by atoms with E-state index in [1.807, 2.05) is 30.3 Å². The first kappa shape index (κ1) is 15.3. The lowest BCUT2D eigenvalue weighted by Gasteiger charge is -2.51. The molecule has 3 atom stereocenters. The lowest BCUT2D eigenvalue weighted by atomic mass is 9.71. The zero-order valence-electron chi connectivity index (χ0n) is 13.5. The number of benzene rings is 2. The summed E-state index contributed by atoms with van der Waals surface area (Å²) in [5.74, 6) is 0.188. The van der Waals surface area contributed by atoms with Crippen molar-refractivity contribution in [2.75, 3.05) is 5.73 Å². The Morgan fingerprint density at radius 1 is 1.12 bits per heavy atom. The Morgan fingerprint density at radius 2 is 1.92 bits per heavy atom. The number of anilines is 1. The van der Waals surface area contributed by atoms with Gasteiger partial charge in [0.05, 0.1) is 0 Å². The molecule has 2 N–H and O–H groups in total. The molecule has 2 aromatic carbocycles. The summed E-state index contributed by atoms with van der Waals surface area (Å²) in [5.41, 5.74) is 8.88. The molecule has 5 rings (SSSR count). The highest BCUT2D eigenvalue weighted by Crippen LogP contribution is 2.46. The molecular weight excluding hydrogens is 303 g/mol. The van der Waals surface area contributed by atoms with Crippen LogP contribution in [0.3, 0.4) is 0 Å². The van der Waals surface area contributed by atoms with Crippen LogP contribution < -0.4 is 5.73 Å². The summed E-state index contributed by atoms with van der Waals surface area (Å²) < 4.78 is 13.2. The molecule has 3 nitrogen and oxygen atoms in total. The number of fused-ring (bicyclic) bond motifs is 3. The van der Waals surface area contributed by atoms with E-state index in [2.05, 4.69) is 11.0 Å². The zero-order chi connectivity index (χ0) is 16.7. The lowest BCUT2D eigenvalue weighted by Crippen LogP contribution is -2.53. The number of hydrogen-bond donors (Lipinski definition) is 1. The van der Waals surface area contributed by atoms with Gasteiger partial charge >= 0.3 is 0 Å². The van der Waals surface area contributed by atoms with Crippen LogP contribution in [0.2, 0.25) is 0 Å². The first-order chi connectivity index (χ1) is 11.6. The molecule has 4 heteroatoms. The molecule has 0 amide bonds. The first-order valence-corrected chi connectivity index (χ1v) is 8.50. The van der Waals surface area contributed by atoms with Crippen LogP contribution in [0.15, 0.2) is 48.5 Å². The molecule has 1 saturated carbocycles. The monoisotopic (exact) mass is 324 g/mol. The fourth-order valence-electron chi connectivity index (χ4n) is 4.29. The van der Waals surface area contributed by atoms with Crippen molar-refractivity contribution in [2.45, 2.75) is 37.9 Å². The van der Waals surface area contributed by atoms with Crippen molar-refractivity contribution in [3.63, 3.8) is 0 Å². The van der Waals surface area contributed by atoms with Crippen molar-refractivity contribution in [1.29, 1.82) is 0 Å². The van der Waals surface area contributed by atoms with Gasteiger partial charge < -0.3 is 5.73 Å². The Balaban J connectivity index is 1.69. The number of piperidine rings is 2. The molecule has 0 spiro atoms.